The van der Waals surface area contributed by atoms with E-state index in [-0.39, 0.29) is 5.75 Å². The van der Waals surface area contributed by atoms with E-state index in [1.54, 1.807) is 13.8 Å². The van der Waals surface area contributed by atoms with Crippen molar-refractivity contribution in [1.82, 2.24) is 10.6 Å². The first-order valence-electron chi connectivity index (χ1n) is 7.77. The quantitative estimate of drug-likeness (QED) is 0.392. The number of rotatable bonds is 6. The Hall–Kier alpha value is -2.30. The Morgan fingerprint density at radius 2 is 1.81 bits per heavy atom. The number of amides is 1. The zero-order chi connectivity index (χ0) is 19.6. The van der Waals surface area contributed by atoms with Crippen molar-refractivity contribution in [2.75, 3.05) is 0 Å². The lowest BCUT2D eigenvalue weighted by Gasteiger charge is -2.23. The summed E-state index contributed by atoms with van der Waals surface area (Å²) in [5, 5.41) is 32.3. The van der Waals surface area contributed by atoms with Crippen LogP contribution in [0.2, 0.25) is 0 Å². The average Bonchev–Trinajstić information content (AvgIpc) is 2.87. The molecule has 0 aliphatic carbocycles. The zero-order valence-corrected chi connectivity index (χ0v) is 15.0. The summed E-state index contributed by atoms with van der Waals surface area (Å²) in [6.45, 7) is 3.37. The fourth-order valence-corrected chi connectivity index (χ4v) is 4.15. The van der Waals surface area contributed by atoms with Crippen LogP contribution in [0.5, 0.6) is 5.75 Å². The highest BCUT2D eigenvalue weighted by molar-refractivity contribution is 8.01. The number of carbonyl (C=O) groups is 3. The van der Waals surface area contributed by atoms with Gasteiger partial charge in [-0.15, -0.1) is 11.8 Å². The van der Waals surface area contributed by atoms with Crippen molar-refractivity contribution in [3.63, 3.8) is 0 Å². The molecule has 2 rings (SSSR count). The third-order valence-corrected chi connectivity index (χ3v) is 5.61. The predicted octanol–water partition coefficient (Wildman–Crippen LogP) is -0.144. The van der Waals surface area contributed by atoms with Gasteiger partial charge in [0.05, 0.1) is 5.37 Å². The van der Waals surface area contributed by atoms with E-state index in [1.165, 1.54) is 24.3 Å². The van der Waals surface area contributed by atoms with Gasteiger partial charge in [0.1, 0.15) is 17.8 Å². The second kappa shape index (κ2) is 7.52. The Morgan fingerprint density at radius 1 is 1.23 bits per heavy atom. The average molecular weight is 383 g/mol. The van der Waals surface area contributed by atoms with Crippen LogP contribution in [0.1, 0.15) is 25.5 Å². The normalized spacial score (nSPS) is 23.8. The molecule has 7 N–H and O–H groups in total. The van der Waals surface area contributed by atoms with Gasteiger partial charge in [-0.25, -0.2) is 4.79 Å². The maximum Gasteiger partial charge on any atom is 0.328 e. The van der Waals surface area contributed by atoms with Crippen LogP contribution in [-0.2, 0) is 14.4 Å². The van der Waals surface area contributed by atoms with Crippen LogP contribution in [0.4, 0.5) is 0 Å². The van der Waals surface area contributed by atoms with Gasteiger partial charge in [0.25, 0.3) is 0 Å². The molecule has 0 bridgehead atoms. The summed E-state index contributed by atoms with van der Waals surface area (Å²) in [6, 6.07) is 2.20. The van der Waals surface area contributed by atoms with E-state index in [9.17, 15) is 29.7 Å². The minimum absolute atomic E-state index is 0.0123. The highest BCUT2D eigenvalue weighted by Crippen LogP contribution is 2.39. The second-order valence-corrected chi connectivity index (χ2v) is 8.27. The molecular weight excluding hydrogens is 362 g/mol. The van der Waals surface area contributed by atoms with Gasteiger partial charge in [-0.3, -0.25) is 14.9 Å². The molecule has 0 aromatic heterocycles. The molecule has 2 unspecified atom stereocenters. The molecule has 1 saturated heterocycles. The molecule has 1 aliphatic heterocycles. The summed E-state index contributed by atoms with van der Waals surface area (Å²) in [6.07, 6.45) is 0. The Labute approximate surface area is 154 Å². The molecule has 1 aromatic rings. The Balaban J connectivity index is 2.13. The van der Waals surface area contributed by atoms with Crippen LogP contribution in [0.3, 0.4) is 0 Å². The van der Waals surface area contributed by atoms with Crippen LogP contribution < -0.4 is 16.4 Å². The molecule has 1 fully saturated rings. The van der Waals surface area contributed by atoms with E-state index in [4.69, 9.17) is 5.73 Å². The third kappa shape index (κ3) is 4.26. The van der Waals surface area contributed by atoms with Gasteiger partial charge in [-0.1, -0.05) is 12.1 Å². The molecule has 9 nitrogen and oxygen atoms in total. The standard InChI is InChI=1S/C16H21N3O6S/c1-16(2)11(15(24)25)19-13(26-16)10(14(22)23)18-12(21)9(17)7-3-5-8(20)6-4-7/h3-6,9-11,13,19-20H,17H2,1-2H3,(H,18,21)(H,22,23)(H,24,25)/t9-,10?,11-,13?/m0/s1. The molecule has 0 radical (unpaired) electrons. The Bertz CT molecular complexity index is 708. The van der Waals surface area contributed by atoms with Gasteiger partial charge in [-0.05, 0) is 31.5 Å². The maximum absolute atomic E-state index is 12.4. The number of carbonyl (C=O) groups excluding carboxylic acids is 1. The molecule has 0 saturated carbocycles. The summed E-state index contributed by atoms with van der Waals surface area (Å²) in [4.78, 5) is 35.3. The van der Waals surface area contributed by atoms with Crippen LogP contribution in [0, 0.1) is 0 Å². The van der Waals surface area contributed by atoms with Crippen LogP contribution >= 0.6 is 11.8 Å². The SMILES string of the molecule is CC1(C)SC(C(NC(=O)[C@@H](N)c2ccc(O)cc2)C(=O)O)N[C@H]1C(=O)O. The molecule has 1 amide bonds. The summed E-state index contributed by atoms with van der Waals surface area (Å²) in [7, 11) is 0. The lowest BCUT2D eigenvalue weighted by Crippen LogP contribution is -2.55. The zero-order valence-electron chi connectivity index (χ0n) is 14.2. The lowest BCUT2D eigenvalue weighted by atomic mass is 10.0. The first-order chi connectivity index (χ1) is 12.0. The van der Waals surface area contributed by atoms with Crippen LogP contribution in [0.15, 0.2) is 24.3 Å². The topological polar surface area (TPSA) is 162 Å². The number of hydrogen-bond acceptors (Lipinski definition) is 7. The van der Waals surface area contributed by atoms with Crippen molar-refractivity contribution < 1.29 is 29.7 Å². The number of hydrogen-bond donors (Lipinski definition) is 6. The van der Waals surface area contributed by atoms with Crippen molar-refractivity contribution >= 4 is 29.6 Å². The second-order valence-electron chi connectivity index (χ2n) is 6.47. The summed E-state index contributed by atoms with van der Waals surface area (Å²) in [5.74, 6) is -3.11. The van der Waals surface area contributed by atoms with E-state index < -0.39 is 46.1 Å². The van der Waals surface area contributed by atoms with E-state index in [0.29, 0.717) is 5.56 Å². The number of nitrogens with two attached hydrogens (primary N) is 1. The van der Waals surface area contributed by atoms with E-state index >= 15 is 0 Å². The highest BCUT2D eigenvalue weighted by atomic mass is 32.2. The monoisotopic (exact) mass is 383 g/mol. The predicted molar refractivity (Wildman–Crippen MR) is 94.6 cm³/mol. The molecule has 1 aromatic carbocycles. The number of phenolic OH excluding ortho intramolecular Hbond substituents is 1. The Kier molecular flexibility index (Phi) is 5.79. The van der Waals surface area contributed by atoms with Crippen LogP contribution in [-0.4, -0.2) is 55.4 Å². The summed E-state index contributed by atoms with van der Waals surface area (Å²) < 4.78 is -0.756. The number of aliphatic carboxylic acids is 2. The number of aromatic hydroxyl groups is 1. The molecule has 10 heteroatoms. The van der Waals surface area contributed by atoms with Gasteiger partial charge in [0, 0.05) is 4.75 Å². The maximum atomic E-state index is 12.4. The van der Waals surface area contributed by atoms with Gasteiger partial charge in [0.2, 0.25) is 5.91 Å². The van der Waals surface area contributed by atoms with Crippen LogP contribution in [0.25, 0.3) is 0 Å². The van der Waals surface area contributed by atoms with Crippen molar-refractivity contribution in [3.8, 4) is 5.75 Å². The molecular formula is C16H21N3O6S. The fourth-order valence-electron chi connectivity index (χ4n) is 2.67. The smallest absolute Gasteiger partial charge is 0.328 e. The van der Waals surface area contributed by atoms with Gasteiger partial charge in [-0.2, -0.15) is 0 Å². The third-order valence-electron chi connectivity index (χ3n) is 4.11. The van der Waals surface area contributed by atoms with Crippen molar-refractivity contribution in [1.29, 1.82) is 0 Å². The van der Waals surface area contributed by atoms with Crippen molar-refractivity contribution in [3.05, 3.63) is 29.8 Å². The van der Waals surface area contributed by atoms with Gasteiger partial charge in [0.15, 0.2) is 6.04 Å². The number of benzene rings is 1. The first-order valence-corrected chi connectivity index (χ1v) is 8.65. The highest BCUT2D eigenvalue weighted by Gasteiger charge is 2.49. The Morgan fingerprint density at radius 3 is 2.27 bits per heavy atom. The van der Waals surface area contributed by atoms with E-state index in [1.807, 2.05) is 0 Å². The summed E-state index contributed by atoms with van der Waals surface area (Å²) >= 11 is 1.13. The first kappa shape index (κ1) is 20.0. The van der Waals surface area contributed by atoms with Gasteiger partial charge < -0.3 is 26.4 Å². The summed E-state index contributed by atoms with van der Waals surface area (Å²) in [5.41, 5.74) is 6.26. The van der Waals surface area contributed by atoms with Gasteiger partial charge >= 0.3 is 11.9 Å². The number of thioether (sulfide) groups is 1. The van der Waals surface area contributed by atoms with E-state index in [0.717, 1.165) is 11.8 Å². The largest absolute Gasteiger partial charge is 0.508 e. The minimum Gasteiger partial charge on any atom is -0.508 e. The molecule has 0 spiro atoms. The number of phenols is 1. The molecule has 142 valence electrons. The van der Waals surface area contributed by atoms with Crippen molar-refractivity contribution in [2.45, 2.75) is 42.1 Å². The molecule has 4 atom stereocenters. The lowest BCUT2D eigenvalue weighted by molar-refractivity contribution is -0.143. The molecule has 1 aliphatic rings. The van der Waals surface area contributed by atoms with E-state index in [2.05, 4.69) is 10.6 Å². The number of carboxylic acids is 2. The van der Waals surface area contributed by atoms with Crippen molar-refractivity contribution in [2.24, 2.45) is 5.73 Å². The number of nitrogens with one attached hydrogen (secondary N) is 2. The molecule has 26 heavy (non-hydrogen) atoms. The molecule has 1 heterocycles. The minimum atomic E-state index is -1.36. The number of carboxylic acid groups (broad SMARTS) is 2. The fraction of sp³-hybridized carbons (Fsp3) is 0.438.